The molecular formula is C27H24ClN3O2S3. The molecule has 0 aliphatic carbocycles. The minimum absolute atomic E-state index is 0.115. The standard InChI is InChI=1S/C27H24ClN3O2S3/c1-18(14-19-8-3-2-4-9-19)15-23-25(33)31(27(34)36-23)13-7-12-24(32)30-26-29-17-21(35-26)16-20-10-5-6-11-22(20)28/h2-6,8-11,14-15,17H,7,12-13,16H2,1H3,(H,29,30,32)/b18-14+,23-15-. The highest BCUT2D eigenvalue weighted by Crippen LogP contribution is 2.32. The van der Waals surface area contributed by atoms with Gasteiger partial charge < -0.3 is 5.32 Å². The molecule has 5 nitrogen and oxygen atoms in total. The van der Waals surface area contributed by atoms with Crippen LogP contribution < -0.4 is 5.32 Å². The van der Waals surface area contributed by atoms with Crippen molar-refractivity contribution >= 4 is 74.3 Å². The van der Waals surface area contributed by atoms with Crippen molar-refractivity contribution in [2.75, 3.05) is 11.9 Å². The van der Waals surface area contributed by atoms with Crippen LogP contribution in [-0.2, 0) is 16.0 Å². The lowest BCUT2D eigenvalue weighted by Gasteiger charge is -2.13. The number of aromatic nitrogens is 1. The normalized spacial score (nSPS) is 15.1. The lowest BCUT2D eigenvalue weighted by Crippen LogP contribution is -2.29. The van der Waals surface area contributed by atoms with Crippen LogP contribution >= 0.6 is 46.9 Å². The number of nitrogens with one attached hydrogen (secondary N) is 1. The van der Waals surface area contributed by atoms with Crippen molar-refractivity contribution in [2.24, 2.45) is 0 Å². The first-order valence-corrected chi connectivity index (χ1v) is 13.8. The first-order chi connectivity index (χ1) is 17.4. The molecule has 1 saturated heterocycles. The third-order valence-electron chi connectivity index (χ3n) is 5.33. The Labute approximate surface area is 229 Å². The van der Waals surface area contributed by atoms with Gasteiger partial charge in [0.2, 0.25) is 5.91 Å². The topological polar surface area (TPSA) is 62.3 Å². The van der Waals surface area contributed by atoms with Gasteiger partial charge in [-0.15, -0.1) is 11.3 Å². The monoisotopic (exact) mass is 553 g/mol. The number of rotatable bonds is 9. The predicted octanol–water partition coefficient (Wildman–Crippen LogP) is 6.95. The van der Waals surface area contributed by atoms with E-state index in [0.717, 1.165) is 21.6 Å². The molecule has 0 radical (unpaired) electrons. The molecule has 3 aromatic rings. The summed E-state index contributed by atoms with van der Waals surface area (Å²) in [5.41, 5.74) is 3.06. The van der Waals surface area contributed by atoms with Gasteiger partial charge in [0.05, 0.1) is 4.91 Å². The van der Waals surface area contributed by atoms with E-state index in [0.29, 0.717) is 38.8 Å². The van der Waals surface area contributed by atoms with Gasteiger partial charge in [-0.1, -0.05) is 90.2 Å². The van der Waals surface area contributed by atoms with Gasteiger partial charge in [-0.2, -0.15) is 0 Å². The zero-order valence-electron chi connectivity index (χ0n) is 19.6. The zero-order chi connectivity index (χ0) is 25.5. The number of carbonyl (C=O) groups excluding carboxylic acids is 2. The number of hydrogen-bond donors (Lipinski definition) is 1. The van der Waals surface area contributed by atoms with Crippen molar-refractivity contribution in [2.45, 2.75) is 26.2 Å². The van der Waals surface area contributed by atoms with Crippen LogP contribution in [0.15, 0.2) is 77.3 Å². The molecule has 4 rings (SSSR count). The van der Waals surface area contributed by atoms with Gasteiger partial charge in [0.15, 0.2) is 5.13 Å². The van der Waals surface area contributed by atoms with Crippen LogP contribution in [0.2, 0.25) is 5.02 Å². The number of amides is 2. The van der Waals surface area contributed by atoms with Gasteiger partial charge in [-0.3, -0.25) is 14.5 Å². The van der Waals surface area contributed by atoms with Crippen molar-refractivity contribution in [1.29, 1.82) is 0 Å². The van der Waals surface area contributed by atoms with Crippen LogP contribution in [0.25, 0.3) is 6.08 Å². The van der Waals surface area contributed by atoms with Crippen molar-refractivity contribution in [3.63, 3.8) is 0 Å². The Kier molecular flexibility index (Phi) is 9.09. The Morgan fingerprint density at radius 1 is 1.17 bits per heavy atom. The van der Waals surface area contributed by atoms with Gasteiger partial charge in [0, 0.05) is 35.5 Å². The number of nitrogens with zero attached hydrogens (tertiary/aromatic N) is 2. The lowest BCUT2D eigenvalue weighted by molar-refractivity contribution is -0.122. The van der Waals surface area contributed by atoms with E-state index in [4.69, 9.17) is 23.8 Å². The largest absolute Gasteiger partial charge is 0.302 e. The highest BCUT2D eigenvalue weighted by Gasteiger charge is 2.31. The van der Waals surface area contributed by atoms with E-state index >= 15 is 0 Å². The third-order valence-corrected chi connectivity index (χ3v) is 7.99. The van der Waals surface area contributed by atoms with Crippen LogP contribution in [-0.4, -0.2) is 32.6 Å². The Hall–Kier alpha value is -2.78. The number of allylic oxidation sites excluding steroid dienone is 2. The van der Waals surface area contributed by atoms with Gasteiger partial charge >= 0.3 is 0 Å². The smallest absolute Gasteiger partial charge is 0.266 e. The van der Waals surface area contributed by atoms with E-state index in [2.05, 4.69) is 10.3 Å². The molecule has 1 N–H and O–H groups in total. The molecule has 2 amide bonds. The molecule has 2 aromatic carbocycles. The number of carbonyl (C=O) groups is 2. The maximum absolute atomic E-state index is 12.9. The molecular weight excluding hydrogens is 530 g/mol. The first-order valence-electron chi connectivity index (χ1n) is 11.4. The summed E-state index contributed by atoms with van der Waals surface area (Å²) in [6.07, 6.45) is 7.07. The van der Waals surface area contributed by atoms with Crippen molar-refractivity contribution in [3.8, 4) is 0 Å². The number of halogens is 1. The highest BCUT2D eigenvalue weighted by molar-refractivity contribution is 8.26. The molecule has 0 unspecified atom stereocenters. The van der Waals surface area contributed by atoms with Crippen LogP contribution in [0.1, 0.15) is 35.8 Å². The molecule has 2 heterocycles. The third kappa shape index (κ3) is 7.13. The molecule has 0 atom stereocenters. The van der Waals surface area contributed by atoms with Gasteiger partial charge in [-0.05, 0) is 42.2 Å². The van der Waals surface area contributed by atoms with Crippen LogP contribution in [0.5, 0.6) is 0 Å². The van der Waals surface area contributed by atoms with Gasteiger partial charge in [0.1, 0.15) is 4.32 Å². The number of thioether (sulfide) groups is 1. The SMILES string of the molecule is CC(/C=C1\SC(=S)N(CCCC(=O)Nc2ncc(Cc3ccccc3Cl)s2)C1=O)=C\c1ccccc1. The molecule has 0 spiro atoms. The molecule has 0 bridgehead atoms. The zero-order valence-corrected chi connectivity index (χ0v) is 22.8. The number of anilines is 1. The van der Waals surface area contributed by atoms with E-state index in [-0.39, 0.29) is 18.2 Å². The number of hydrogen-bond acceptors (Lipinski definition) is 6. The number of thiazole rings is 1. The molecule has 1 aliphatic heterocycles. The van der Waals surface area contributed by atoms with E-state index in [1.165, 1.54) is 23.1 Å². The second-order valence-electron chi connectivity index (χ2n) is 8.18. The average Bonchev–Trinajstić information content (AvgIpc) is 3.39. The molecule has 1 aromatic heterocycles. The van der Waals surface area contributed by atoms with Crippen LogP contribution in [0.4, 0.5) is 5.13 Å². The summed E-state index contributed by atoms with van der Waals surface area (Å²) in [6, 6.07) is 17.6. The van der Waals surface area contributed by atoms with Gasteiger partial charge in [0.25, 0.3) is 5.91 Å². The number of thiocarbonyl (C=S) groups is 1. The fourth-order valence-corrected chi connectivity index (χ4v) is 6.02. The molecule has 184 valence electrons. The molecule has 0 saturated carbocycles. The Morgan fingerprint density at radius 2 is 1.92 bits per heavy atom. The van der Waals surface area contributed by atoms with Crippen molar-refractivity contribution in [3.05, 3.63) is 98.4 Å². The maximum Gasteiger partial charge on any atom is 0.266 e. The molecule has 1 aliphatic rings. The summed E-state index contributed by atoms with van der Waals surface area (Å²) in [6.45, 7) is 2.36. The van der Waals surface area contributed by atoms with Gasteiger partial charge in [-0.25, -0.2) is 4.98 Å². The lowest BCUT2D eigenvalue weighted by atomic mass is 10.1. The van der Waals surface area contributed by atoms with Crippen LogP contribution in [0.3, 0.4) is 0 Å². The minimum atomic E-state index is -0.142. The average molecular weight is 554 g/mol. The molecule has 36 heavy (non-hydrogen) atoms. The Bertz CT molecular complexity index is 1330. The fourth-order valence-electron chi connectivity index (χ4n) is 3.61. The van der Waals surface area contributed by atoms with Crippen LogP contribution in [0, 0.1) is 0 Å². The summed E-state index contributed by atoms with van der Waals surface area (Å²) in [4.78, 5) is 32.8. The van der Waals surface area contributed by atoms with E-state index in [1.807, 2.05) is 73.7 Å². The Balaban J connectivity index is 1.26. The summed E-state index contributed by atoms with van der Waals surface area (Å²) < 4.78 is 0.517. The molecule has 9 heteroatoms. The summed E-state index contributed by atoms with van der Waals surface area (Å²) in [7, 11) is 0. The highest BCUT2D eigenvalue weighted by atomic mass is 35.5. The summed E-state index contributed by atoms with van der Waals surface area (Å²) in [5.74, 6) is -0.258. The second-order valence-corrected chi connectivity index (χ2v) is 11.4. The summed E-state index contributed by atoms with van der Waals surface area (Å²) in [5, 5.41) is 4.11. The maximum atomic E-state index is 12.9. The summed E-state index contributed by atoms with van der Waals surface area (Å²) >= 11 is 14.4. The van der Waals surface area contributed by atoms with Crippen molar-refractivity contribution in [1.82, 2.24) is 9.88 Å². The quantitative estimate of drug-likeness (QED) is 0.229. The first kappa shape index (κ1) is 26.3. The predicted molar refractivity (Wildman–Crippen MR) is 154 cm³/mol. The Morgan fingerprint density at radius 3 is 2.69 bits per heavy atom. The van der Waals surface area contributed by atoms with Crippen molar-refractivity contribution < 1.29 is 9.59 Å². The number of benzene rings is 2. The van der Waals surface area contributed by atoms with E-state index in [9.17, 15) is 9.59 Å². The fraction of sp³-hybridized carbons (Fsp3) is 0.185. The molecule has 1 fully saturated rings. The van der Waals surface area contributed by atoms with E-state index < -0.39 is 0 Å². The second kappa shape index (κ2) is 12.5. The van der Waals surface area contributed by atoms with E-state index in [1.54, 1.807) is 11.1 Å². The minimum Gasteiger partial charge on any atom is -0.302 e.